The predicted molar refractivity (Wildman–Crippen MR) is 64.5 cm³/mol. The first-order valence-corrected chi connectivity index (χ1v) is 7.63. The van der Waals surface area contributed by atoms with Gasteiger partial charge in [0.05, 0.1) is 19.9 Å². The van der Waals surface area contributed by atoms with E-state index >= 15 is 0 Å². The minimum atomic E-state index is -0.280. The Labute approximate surface area is 102 Å². The highest BCUT2D eigenvalue weighted by Crippen LogP contribution is 2.41. The van der Waals surface area contributed by atoms with Crippen LogP contribution in [0.2, 0.25) is 0 Å². The first-order valence-electron chi connectivity index (χ1n) is 3.62. The summed E-state index contributed by atoms with van der Waals surface area (Å²) in [6.07, 6.45) is 0. The fraction of sp³-hybridized carbons (Fsp3) is 0.286. The summed E-state index contributed by atoms with van der Waals surface area (Å²) < 4.78 is 3.04. The molecule has 0 bridgehead atoms. The third-order valence-corrected chi connectivity index (χ3v) is 7.08. The number of hydrogen-bond donors (Lipinski definition) is 0. The number of thioether (sulfide) groups is 2. The van der Waals surface area contributed by atoms with E-state index < -0.39 is 0 Å². The summed E-state index contributed by atoms with van der Waals surface area (Å²) in [5.74, 6) is -0.0436. The van der Waals surface area contributed by atoms with Gasteiger partial charge in [0.1, 0.15) is 3.14 Å². The van der Waals surface area contributed by atoms with Crippen LogP contribution in [0.25, 0.3) is 0 Å². The zero-order valence-corrected chi connectivity index (χ0v) is 10.9. The smallest absolute Gasteiger partial charge is 0.209 e. The van der Waals surface area contributed by atoms with Crippen molar-refractivity contribution >= 4 is 70.0 Å². The normalized spacial score (nSPS) is 17.4. The lowest BCUT2D eigenvalue weighted by Gasteiger charge is -2.05. The average molecular weight is 280 g/mol. The Morgan fingerprint density at radius 2 is 1.36 bits per heavy atom. The summed E-state index contributed by atoms with van der Waals surface area (Å²) in [4.78, 5) is 22.4. The van der Waals surface area contributed by atoms with Gasteiger partial charge in [-0.25, -0.2) is 0 Å². The number of rotatable bonds is 0. The van der Waals surface area contributed by atoms with Crippen LogP contribution in [-0.2, 0) is 9.59 Å². The zero-order valence-electron chi connectivity index (χ0n) is 6.77. The number of carbonyl (C=O) groups excluding carboxylic acids is 2. The largest absolute Gasteiger partial charge is 0.290 e. The Hall–Kier alpha value is 0.310. The SMILES string of the molecule is O=C1CSc2sc(=S)sc2SCC1=O. The Bertz CT molecular complexity index is 405. The van der Waals surface area contributed by atoms with Gasteiger partial charge in [-0.1, -0.05) is 12.2 Å². The molecule has 14 heavy (non-hydrogen) atoms. The van der Waals surface area contributed by atoms with E-state index in [-0.39, 0.29) is 23.1 Å². The number of ketones is 2. The van der Waals surface area contributed by atoms with Crippen LogP contribution in [0, 0.1) is 3.14 Å². The molecule has 0 fully saturated rings. The third kappa shape index (κ3) is 2.27. The maximum absolute atomic E-state index is 11.2. The molecule has 1 aliphatic rings. The molecule has 0 atom stereocenters. The summed E-state index contributed by atoms with van der Waals surface area (Å²) in [5, 5.41) is 0. The van der Waals surface area contributed by atoms with Crippen molar-refractivity contribution in [3.05, 3.63) is 3.14 Å². The summed E-state index contributed by atoms with van der Waals surface area (Å²) in [6.45, 7) is 0. The molecule has 0 aromatic carbocycles. The van der Waals surface area contributed by atoms with Gasteiger partial charge in [0, 0.05) is 0 Å². The second kappa shape index (κ2) is 4.44. The molecule has 1 aromatic rings. The van der Waals surface area contributed by atoms with Gasteiger partial charge in [-0.15, -0.1) is 46.2 Å². The summed E-state index contributed by atoms with van der Waals surface area (Å²) in [6, 6.07) is 0. The van der Waals surface area contributed by atoms with Gasteiger partial charge in [-0.3, -0.25) is 9.59 Å². The highest BCUT2D eigenvalue weighted by molar-refractivity contribution is 8.06. The molecule has 0 radical (unpaired) electrons. The Morgan fingerprint density at radius 3 is 1.79 bits per heavy atom. The molecule has 0 N–H and O–H groups in total. The molecule has 74 valence electrons. The fourth-order valence-corrected chi connectivity index (χ4v) is 6.74. The maximum atomic E-state index is 11.2. The Morgan fingerprint density at radius 1 is 0.929 bits per heavy atom. The van der Waals surface area contributed by atoms with Crippen LogP contribution in [0.15, 0.2) is 8.42 Å². The highest BCUT2D eigenvalue weighted by atomic mass is 32.2. The minimum absolute atomic E-state index is 0.258. The van der Waals surface area contributed by atoms with Gasteiger partial charge < -0.3 is 0 Å². The predicted octanol–water partition coefficient (Wildman–Crippen LogP) is 2.88. The van der Waals surface area contributed by atoms with E-state index in [0.717, 1.165) is 11.6 Å². The maximum Gasteiger partial charge on any atom is 0.209 e. The van der Waals surface area contributed by atoms with Crippen molar-refractivity contribution in [3.63, 3.8) is 0 Å². The molecule has 2 nitrogen and oxygen atoms in total. The molecular weight excluding hydrogens is 276 g/mol. The van der Waals surface area contributed by atoms with Crippen LogP contribution in [0.5, 0.6) is 0 Å². The fourth-order valence-electron chi connectivity index (χ4n) is 0.855. The average Bonchev–Trinajstić information content (AvgIpc) is 2.49. The molecule has 1 aliphatic heterocycles. The van der Waals surface area contributed by atoms with Gasteiger partial charge in [0.25, 0.3) is 0 Å². The van der Waals surface area contributed by atoms with Crippen LogP contribution in [0.1, 0.15) is 0 Å². The lowest BCUT2D eigenvalue weighted by atomic mass is 10.3. The second-order valence-corrected chi connectivity index (χ2v) is 8.17. The molecule has 1 aromatic heterocycles. The van der Waals surface area contributed by atoms with E-state index in [4.69, 9.17) is 12.2 Å². The quantitative estimate of drug-likeness (QED) is 0.539. The van der Waals surface area contributed by atoms with Crippen molar-refractivity contribution in [2.45, 2.75) is 8.42 Å². The van der Waals surface area contributed by atoms with E-state index in [1.165, 1.54) is 46.2 Å². The zero-order chi connectivity index (χ0) is 10.1. The van der Waals surface area contributed by atoms with E-state index in [1.807, 2.05) is 0 Å². The molecule has 0 spiro atoms. The lowest BCUT2D eigenvalue weighted by Crippen LogP contribution is -2.19. The first-order chi connectivity index (χ1) is 6.66. The summed E-state index contributed by atoms with van der Waals surface area (Å²) in [5.41, 5.74) is 0. The van der Waals surface area contributed by atoms with E-state index in [2.05, 4.69) is 0 Å². The van der Waals surface area contributed by atoms with Crippen molar-refractivity contribution in [2.24, 2.45) is 0 Å². The van der Waals surface area contributed by atoms with Gasteiger partial charge in [0.15, 0.2) is 0 Å². The van der Waals surface area contributed by atoms with Crippen molar-refractivity contribution in [1.29, 1.82) is 0 Å². The van der Waals surface area contributed by atoms with E-state index in [0.29, 0.717) is 0 Å². The van der Waals surface area contributed by atoms with Crippen molar-refractivity contribution in [3.8, 4) is 0 Å². The van der Waals surface area contributed by atoms with Crippen molar-refractivity contribution < 1.29 is 9.59 Å². The molecule has 0 saturated heterocycles. The Kier molecular flexibility index (Phi) is 3.43. The molecule has 7 heteroatoms. The lowest BCUT2D eigenvalue weighted by molar-refractivity contribution is -0.133. The minimum Gasteiger partial charge on any atom is -0.290 e. The third-order valence-electron chi connectivity index (χ3n) is 1.50. The molecule has 0 aliphatic carbocycles. The Balaban J connectivity index is 2.33. The van der Waals surface area contributed by atoms with Crippen molar-refractivity contribution in [1.82, 2.24) is 0 Å². The van der Waals surface area contributed by atoms with Gasteiger partial charge in [0.2, 0.25) is 11.6 Å². The van der Waals surface area contributed by atoms with E-state index in [1.54, 1.807) is 0 Å². The second-order valence-electron chi connectivity index (χ2n) is 2.45. The molecule has 2 rings (SSSR count). The monoisotopic (exact) mass is 280 g/mol. The highest BCUT2D eigenvalue weighted by Gasteiger charge is 2.21. The summed E-state index contributed by atoms with van der Waals surface area (Å²) >= 11 is 11.0. The van der Waals surface area contributed by atoms with Gasteiger partial charge in [-0.05, 0) is 0 Å². The first kappa shape index (κ1) is 10.8. The van der Waals surface area contributed by atoms with Gasteiger partial charge >= 0.3 is 0 Å². The van der Waals surface area contributed by atoms with Crippen LogP contribution >= 0.6 is 58.4 Å². The number of hydrogen-bond acceptors (Lipinski definition) is 7. The number of fused-ring (bicyclic) bond motifs is 1. The standard InChI is InChI=1S/C7H4O2S5/c8-3-1-11-5-6(12-2-4(3)9)14-7(10)13-5/h1-2H2. The number of Topliss-reactive ketones (excluding diaryl/α,β-unsaturated/α-hetero) is 2. The van der Waals surface area contributed by atoms with Crippen LogP contribution < -0.4 is 0 Å². The molecule has 0 unspecified atom stereocenters. The molecule has 0 amide bonds. The number of carbonyl (C=O) groups is 2. The van der Waals surface area contributed by atoms with Crippen LogP contribution in [0.3, 0.4) is 0 Å². The summed E-state index contributed by atoms with van der Waals surface area (Å²) in [7, 11) is 0. The molecule has 0 saturated carbocycles. The van der Waals surface area contributed by atoms with Crippen LogP contribution in [-0.4, -0.2) is 23.1 Å². The van der Waals surface area contributed by atoms with E-state index in [9.17, 15) is 9.59 Å². The van der Waals surface area contributed by atoms with Gasteiger partial charge in [-0.2, -0.15) is 0 Å². The van der Waals surface area contributed by atoms with Crippen LogP contribution in [0.4, 0.5) is 0 Å². The topological polar surface area (TPSA) is 34.1 Å². The molecular formula is C7H4O2S5. The van der Waals surface area contributed by atoms with Crippen molar-refractivity contribution in [2.75, 3.05) is 11.5 Å². The molecule has 2 heterocycles.